The third-order valence-electron chi connectivity index (χ3n) is 1.58. The summed E-state index contributed by atoms with van der Waals surface area (Å²) in [6.45, 7) is 2.27. The topological polar surface area (TPSA) is 69.4 Å². The maximum Gasteiger partial charge on any atom is 0.306 e. The van der Waals surface area contributed by atoms with Crippen LogP contribution in [0, 0.1) is 0 Å². The van der Waals surface area contributed by atoms with Crippen LogP contribution in [-0.4, -0.2) is 24.9 Å². The number of carbonyl (C=O) groups excluding carboxylic acids is 2. The zero-order chi connectivity index (χ0) is 10.8. The van der Waals surface area contributed by atoms with Gasteiger partial charge in [0.15, 0.2) is 0 Å². The van der Waals surface area contributed by atoms with Crippen molar-refractivity contribution in [3.63, 3.8) is 0 Å². The van der Waals surface area contributed by atoms with E-state index in [0.717, 1.165) is 6.42 Å². The molecule has 5 heteroatoms. The minimum absolute atomic E-state index is 0. The fourth-order valence-corrected chi connectivity index (χ4v) is 0.791. The van der Waals surface area contributed by atoms with Gasteiger partial charge in [-0.25, -0.2) is 0 Å². The Labute approximate surface area is 96.3 Å². The molecule has 0 aliphatic heterocycles. The second kappa shape index (κ2) is 11.2. The number of Topliss-reactive ketones (excluding diaryl/α,β-unsaturated/α-hetero) is 1. The van der Waals surface area contributed by atoms with Gasteiger partial charge < -0.3 is 10.5 Å². The Morgan fingerprint density at radius 2 is 1.93 bits per heavy atom. The van der Waals surface area contributed by atoms with E-state index in [-0.39, 0.29) is 50.2 Å². The van der Waals surface area contributed by atoms with E-state index in [0.29, 0.717) is 0 Å². The molecule has 15 heavy (non-hydrogen) atoms. The molecule has 0 amide bonds. The molecule has 0 spiro atoms. The number of ether oxygens (including phenoxy) is 1. The summed E-state index contributed by atoms with van der Waals surface area (Å²) in [5, 5.41) is 0. The van der Waals surface area contributed by atoms with Gasteiger partial charge in [0.25, 0.3) is 0 Å². The molecule has 0 aromatic carbocycles. The van der Waals surface area contributed by atoms with Crippen LogP contribution in [0.15, 0.2) is 12.2 Å². The zero-order valence-electron chi connectivity index (χ0n) is 8.90. The first kappa shape index (κ1) is 16.6. The number of ketones is 1. The molecule has 88 valence electrons. The third-order valence-corrected chi connectivity index (χ3v) is 1.58. The molecule has 0 saturated carbocycles. The van der Waals surface area contributed by atoms with Crippen molar-refractivity contribution in [2.45, 2.75) is 26.2 Å². The first-order valence-corrected chi connectivity index (χ1v) is 4.73. The number of hydrogen-bond donors (Lipinski definition) is 1. The van der Waals surface area contributed by atoms with Crippen LogP contribution < -0.4 is 5.73 Å². The van der Waals surface area contributed by atoms with Gasteiger partial charge in [-0.3, -0.25) is 9.59 Å². The van der Waals surface area contributed by atoms with Crippen LogP contribution in [0.5, 0.6) is 0 Å². The van der Waals surface area contributed by atoms with Gasteiger partial charge in [-0.15, -0.1) is 12.4 Å². The van der Waals surface area contributed by atoms with Gasteiger partial charge in [0, 0.05) is 6.42 Å². The van der Waals surface area contributed by atoms with Crippen LogP contribution in [0.3, 0.4) is 0 Å². The number of hydrogen-bond acceptors (Lipinski definition) is 4. The smallest absolute Gasteiger partial charge is 0.306 e. The molecule has 0 aliphatic rings. The minimum atomic E-state index is -0.354. The van der Waals surface area contributed by atoms with E-state index < -0.39 is 0 Å². The molecular weight excluding hydrogens is 218 g/mol. The normalized spacial score (nSPS) is 9.73. The molecule has 0 radical (unpaired) electrons. The van der Waals surface area contributed by atoms with Crippen LogP contribution in [-0.2, 0) is 14.3 Å². The van der Waals surface area contributed by atoms with Gasteiger partial charge in [0.2, 0.25) is 0 Å². The summed E-state index contributed by atoms with van der Waals surface area (Å²) in [6.07, 6.45) is 4.91. The highest BCUT2D eigenvalue weighted by molar-refractivity contribution is 5.85. The Hall–Kier alpha value is -0.870. The molecule has 0 unspecified atom stereocenters. The highest BCUT2D eigenvalue weighted by atomic mass is 35.5. The minimum Gasteiger partial charge on any atom is -0.461 e. The lowest BCUT2D eigenvalue weighted by atomic mass is 10.2. The van der Waals surface area contributed by atoms with Crippen LogP contribution in [0.4, 0.5) is 0 Å². The van der Waals surface area contributed by atoms with Gasteiger partial charge >= 0.3 is 5.97 Å². The molecule has 0 bridgehead atoms. The number of esters is 1. The number of carbonyl (C=O) groups is 2. The number of halogens is 1. The molecule has 0 aliphatic carbocycles. The number of allylic oxidation sites excluding steroid dienone is 1. The molecular formula is C10H18ClNO3. The standard InChI is InChI=1S/C10H17NO3.ClH/c1-2-3-4-7-14-10(13)6-5-9(12)8-11;/h3-4H,2,5-8,11H2,1H3;1H/b4-3-;. The van der Waals surface area contributed by atoms with Crippen molar-refractivity contribution in [1.82, 2.24) is 0 Å². The van der Waals surface area contributed by atoms with Gasteiger partial charge in [-0.1, -0.05) is 19.1 Å². The Morgan fingerprint density at radius 3 is 2.47 bits per heavy atom. The van der Waals surface area contributed by atoms with Crippen molar-refractivity contribution in [3.8, 4) is 0 Å². The number of nitrogens with two attached hydrogens (primary N) is 1. The van der Waals surface area contributed by atoms with Crippen LogP contribution in [0.1, 0.15) is 26.2 Å². The highest BCUT2D eigenvalue weighted by Crippen LogP contribution is 1.94. The molecule has 4 nitrogen and oxygen atoms in total. The SMILES string of the molecule is CC/C=C\COC(=O)CCC(=O)CN.Cl. The molecule has 0 saturated heterocycles. The van der Waals surface area contributed by atoms with E-state index in [2.05, 4.69) is 0 Å². The van der Waals surface area contributed by atoms with Crippen LogP contribution in [0.25, 0.3) is 0 Å². The average molecular weight is 236 g/mol. The molecule has 0 fully saturated rings. The summed E-state index contributed by atoms with van der Waals surface area (Å²) >= 11 is 0. The Balaban J connectivity index is 0. The number of rotatable bonds is 7. The van der Waals surface area contributed by atoms with Crippen molar-refractivity contribution >= 4 is 24.2 Å². The summed E-state index contributed by atoms with van der Waals surface area (Å²) in [5.41, 5.74) is 5.09. The van der Waals surface area contributed by atoms with Gasteiger partial charge in [-0.2, -0.15) is 0 Å². The molecule has 0 heterocycles. The average Bonchev–Trinajstić information content (AvgIpc) is 2.21. The second-order valence-electron chi connectivity index (χ2n) is 2.81. The zero-order valence-corrected chi connectivity index (χ0v) is 9.72. The summed E-state index contributed by atoms with van der Waals surface area (Å²) in [7, 11) is 0. The second-order valence-corrected chi connectivity index (χ2v) is 2.81. The van der Waals surface area contributed by atoms with Crippen molar-refractivity contribution in [2.24, 2.45) is 5.73 Å². The molecule has 2 N–H and O–H groups in total. The van der Waals surface area contributed by atoms with Crippen molar-refractivity contribution < 1.29 is 14.3 Å². The maximum absolute atomic E-state index is 11.0. The van der Waals surface area contributed by atoms with Crippen molar-refractivity contribution in [2.75, 3.05) is 13.2 Å². The Morgan fingerprint density at radius 1 is 1.27 bits per heavy atom. The van der Waals surface area contributed by atoms with E-state index in [1.807, 2.05) is 13.0 Å². The Kier molecular flexibility index (Phi) is 12.4. The first-order chi connectivity index (χ1) is 6.70. The van der Waals surface area contributed by atoms with Crippen LogP contribution >= 0.6 is 12.4 Å². The lowest BCUT2D eigenvalue weighted by Gasteiger charge is -2.00. The van der Waals surface area contributed by atoms with Crippen molar-refractivity contribution in [3.05, 3.63) is 12.2 Å². The Bertz CT molecular complexity index is 217. The summed E-state index contributed by atoms with van der Waals surface area (Å²) in [5.74, 6) is -0.474. The predicted molar refractivity (Wildman–Crippen MR) is 60.9 cm³/mol. The molecule has 0 atom stereocenters. The molecule has 0 aromatic rings. The maximum atomic E-state index is 11.0. The van der Waals surface area contributed by atoms with E-state index in [1.54, 1.807) is 6.08 Å². The van der Waals surface area contributed by atoms with Gasteiger partial charge in [0.05, 0.1) is 13.0 Å². The first-order valence-electron chi connectivity index (χ1n) is 4.73. The summed E-state index contributed by atoms with van der Waals surface area (Å²) in [4.78, 5) is 21.7. The summed E-state index contributed by atoms with van der Waals surface area (Å²) in [6, 6.07) is 0. The molecule has 0 aromatic heterocycles. The van der Waals surface area contributed by atoms with Crippen LogP contribution in [0.2, 0.25) is 0 Å². The van der Waals surface area contributed by atoms with E-state index in [1.165, 1.54) is 0 Å². The van der Waals surface area contributed by atoms with Crippen molar-refractivity contribution in [1.29, 1.82) is 0 Å². The molecule has 0 rings (SSSR count). The van der Waals surface area contributed by atoms with Gasteiger partial charge in [0.1, 0.15) is 12.4 Å². The lowest BCUT2D eigenvalue weighted by molar-refractivity contribution is -0.143. The fraction of sp³-hybridized carbons (Fsp3) is 0.600. The quantitative estimate of drug-likeness (QED) is 0.532. The largest absolute Gasteiger partial charge is 0.461 e. The van der Waals surface area contributed by atoms with Gasteiger partial charge in [-0.05, 0) is 6.42 Å². The predicted octanol–water partition coefficient (Wildman–Crippen LogP) is 1.23. The van der Waals surface area contributed by atoms with E-state index in [9.17, 15) is 9.59 Å². The highest BCUT2D eigenvalue weighted by Gasteiger charge is 2.05. The monoisotopic (exact) mass is 235 g/mol. The summed E-state index contributed by atoms with van der Waals surface area (Å²) < 4.78 is 4.82. The lowest BCUT2D eigenvalue weighted by Crippen LogP contribution is -2.15. The third kappa shape index (κ3) is 11.1. The van der Waals surface area contributed by atoms with E-state index >= 15 is 0 Å². The van der Waals surface area contributed by atoms with E-state index in [4.69, 9.17) is 10.5 Å². The fourth-order valence-electron chi connectivity index (χ4n) is 0.791.